The number of hydrogen-bond donors (Lipinski definition) is 3. The van der Waals surface area contributed by atoms with Crippen LogP contribution in [-0.4, -0.2) is 30.8 Å². The van der Waals surface area contributed by atoms with Gasteiger partial charge in [-0.3, -0.25) is 0 Å². The zero-order chi connectivity index (χ0) is 7.11. The second-order valence-corrected chi connectivity index (χ2v) is 2.02. The molecule has 0 aliphatic heterocycles. The van der Waals surface area contributed by atoms with Crippen LogP contribution in [0.25, 0.3) is 0 Å². The fourth-order valence-electron chi connectivity index (χ4n) is 0.663. The lowest BCUT2D eigenvalue weighted by molar-refractivity contribution is 0.283. The van der Waals surface area contributed by atoms with Gasteiger partial charge in [-0.1, -0.05) is 6.92 Å². The third kappa shape index (κ3) is 4.39. The molecule has 3 nitrogen and oxygen atoms in total. The van der Waals surface area contributed by atoms with Crippen molar-refractivity contribution in [2.75, 3.05) is 19.7 Å². The summed E-state index contributed by atoms with van der Waals surface area (Å²) in [4.78, 5) is 0. The fourth-order valence-corrected chi connectivity index (χ4v) is 0.663. The molecule has 0 amide bonds. The van der Waals surface area contributed by atoms with Crippen molar-refractivity contribution in [2.45, 2.75) is 19.4 Å². The van der Waals surface area contributed by atoms with Crippen LogP contribution in [0.3, 0.4) is 0 Å². The summed E-state index contributed by atoms with van der Waals surface area (Å²) in [6.45, 7) is 3.56. The molecule has 0 aromatic carbocycles. The first kappa shape index (κ1) is 8.88. The maximum Gasteiger partial charge on any atom is 0.0556 e. The summed E-state index contributed by atoms with van der Waals surface area (Å²) in [5, 5.41) is 11.5. The Bertz CT molecular complexity index is 55.0. The van der Waals surface area contributed by atoms with E-state index in [1.54, 1.807) is 0 Å². The van der Waals surface area contributed by atoms with Gasteiger partial charge in [0.2, 0.25) is 0 Å². The van der Waals surface area contributed by atoms with Crippen LogP contribution in [0.2, 0.25) is 0 Å². The van der Waals surface area contributed by atoms with Crippen molar-refractivity contribution in [3.63, 3.8) is 0 Å². The lowest BCUT2D eigenvalue weighted by atomic mass is 10.2. The Morgan fingerprint density at radius 3 is 2.67 bits per heavy atom. The molecule has 0 rings (SSSR count). The molecule has 0 aliphatic carbocycles. The van der Waals surface area contributed by atoms with Gasteiger partial charge in [0.25, 0.3) is 0 Å². The molecule has 0 radical (unpaired) electrons. The minimum Gasteiger partial charge on any atom is -0.395 e. The molecular formula is C6H16N2O. The number of nitrogens with one attached hydrogen (secondary N) is 1. The summed E-state index contributed by atoms with van der Waals surface area (Å²) < 4.78 is 0. The molecule has 4 N–H and O–H groups in total. The normalized spacial score (nSPS) is 13.7. The van der Waals surface area contributed by atoms with E-state index in [4.69, 9.17) is 10.8 Å². The Hall–Kier alpha value is -0.120. The maximum absolute atomic E-state index is 8.40. The van der Waals surface area contributed by atoms with E-state index in [0.717, 1.165) is 6.42 Å². The van der Waals surface area contributed by atoms with Crippen LogP contribution < -0.4 is 11.1 Å². The molecule has 0 bridgehead atoms. The highest BCUT2D eigenvalue weighted by molar-refractivity contribution is 4.63. The van der Waals surface area contributed by atoms with E-state index in [2.05, 4.69) is 12.2 Å². The molecule has 0 aromatic rings. The minimum absolute atomic E-state index is 0.191. The summed E-state index contributed by atoms with van der Waals surface area (Å²) in [5.74, 6) is 0. The highest BCUT2D eigenvalue weighted by atomic mass is 16.3. The Kier molecular flexibility index (Phi) is 5.93. The van der Waals surface area contributed by atoms with E-state index in [1.807, 2.05) is 0 Å². The smallest absolute Gasteiger partial charge is 0.0556 e. The molecule has 0 heterocycles. The van der Waals surface area contributed by atoms with Crippen molar-refractivity contribution in [3.05, 3.63) is 0 Å². The third-order valence-electron chi connectivity index (χ3n) is 1.32. The van der Waals surface area contributed by atoms with Crippen LogP contribution in [0.1, 0.15) is 13.3 Å². The molecule has 0 saturated carbocycles. The van der Waals surface area contributed by atoms with Gasteiger partial charge in [0.1, 0.15) is 0 Å². The van der Waals surface area contributed by atoms with Crippen LogP contribution in [0.4, 0.5) is 0 Å². The second-order valence-electron chi connectivity index (χ2n) is 2.02. The van der Waals surface area contributed by atoms with Gasteiger partial charge in [-0.2, -0.15) is 0 Å². The first-order valence-electron chi connectivity index (χ1n) is 3.39. The van der Waals surface area contributed by atoms with Crippen molar-refractivity contribution >= 4 is 0 Å². The summed E-state index contributed by atoms with van der Waals surface area (Å²) in [5.41, 5.74) is 5.38. The van der Waals surface area contributed by atoms with Gasteiger partial charge in [0.15, 0.2) is 0 Å². The van der Waals surface area contributed by atoms with E-state index in [0.29, 0.717) is 19.1 Å². The topological polar surface area (TPSA) is 58.3 Å². The number of rotatable bonds is 5. The maximum atomic E-state index is 8.40. The predicted molar refractivity (Wildman–Crippen MR) is 38.2 cm³/mol. The molecule has 1 atom stereocenters. The van der Waals surface area contributed by atoms with E-state index in [1.165, 1.54) is 0 Å². The number of nitrogens with two attached hydrogens (primary N) is 1. The molecule has 56 valence electrons. The van der Waals surface area contributed by atoms with Gasteiger partial charge in [-0.05, 0) is 6.42 Å². The SMILES string of the molecule is CCC(CN)NCCO. The van der Waals surface area contributed by atoms with Gasteiger partial charge in [0, 0.05) is 19.1 Å². The highest BCUT2D eigenvalue weighted by Crippen LogP contribution is 1.84. The van der Waals surface area contributed by atoms with Crippen molar-refractivity contribution < 1.29 is 5.11 Å². The van der Waals surface area contributed by atoms with Crippen molar-refractivity contribution in [3.8, 4) is 0 Å². The molecule has 3 heteroatoms. The average Bonchev–Trinajstić information content (AvgIpc) is 1.91. The molecule has 0 saturated heterocycles. The predicted octanol–water partition coefficient (Wildman–Crippen LogP) is -0.694. The van der Waals surface area contributed by atoms with Crippen LogP contribution >= 0.6 is 0 Å². The van der Waals surface area contributed by atoms with E-state index >= 15 is 0 Å². The second kappa shape index (κ2) is 6.01. The van der Waals surface area contributed by atoms with E-state index in [9.17, 15) is 0 Å². The number of aliphatic hydroxyl groups is 1. The Morgan fingerprint density at radius 2 is 2.33 bits per heavy atom. The molecule has 0 spiro atoms. The van der Waals surface area contributed by atoms with Gasteiger partial charge >= 0.3 is 0 Å². The largest absolute Gasteiger partial charge is 0.395 e. The van der Waals surface area contributed by atoms with Gasteiger partial charge in [-0.25, -0.2) is 0 Å². The van der Waals surface area contributed by atoms with Crippen LogP contribution in [0, 0.1) is 0 Å². The van der Waals surface area contributed by atoms with Crippen LogP contribution in [-0.2, 0) is 0 Å². The van der Waals surface area contributed by atoms with Crippen LogP contribution in [0.15, 0.2) is 0 Å². The number of hydrogen-bond acceptors (Lipinski definition) is 3. The summed E-state index contributed by atoms with van der Waals surface area (Å²) in [6.07, 6.45) is 1.02. The Morgan fingerprint density at radius 1 is 1.67 bits per heavy atom. The summed E-state index contributed by atoms with van der Waals surface area (Å²) in [7, 11) is 0. The highest BCUT2D eigenvalue weighted by Gasteiger charge is 1.98. The molecule has 0 aliphatic rings. The first-order valence-corrected chi connectivity index (χ1v) is 3.39. The molecule has 0 fully saturated rings. The standard InChI is InChI=1S/C6H16N2O/c1-2-6(5-7)8-3-4-9/h6,8-9H,2-5,7H2,1H3. The molecule has 1 unspecified atom stereocenters. The zero-order valence-electron chi connectivity index (χ0n) is 5.93. The molecule has 9 heavy (non-hydrogen) atoms. The third-order valence-corrected chi connectivity index (χ3v) is 1.32. The zero-order valence-corrected chi connectivity index (χ0v) is 5.93. The lowest BCUT2D eigenvalue weighted by Gasteiger charge is -2.12. The minimum atomic E-state index is 0.191. The lowest BCUT2D eigenvalue weighted by Crippen LogP contribution is -2.36. The quantitative estimate of drug-likeness (QED) is 0.464. The number of aliphatic hydroxyl groups excluding tert-OH is 1. The fraction of sp³-hybridized carbons (Fsp3) is 1.00. The van der Waals surface area contributed by atoms with Gasteiger partial charge < -0.3 is 16.2 Å². The van der Waals surface area contributed by atoms with E-state index < -0.39 is 0 Å². The van der Waals surface area contributed by atoms with Gasteiger partial charge in [0.05, 0.1) is 6.61 Å². The monoisotopic (exact) mass is 132 g/mol. The van der Waals surface area contributed by atoms with Crippen molar-refractivity contribution in [1.82, 2.24) is 5.32 Å². The van der Waals surface area contributed by atoms with Crippen molar-refractivity contribution in [2.24, 2.45) is 5.73 Å². The van der Waals surface area contributed by atoms with E-state index in [-0.39, 0.29) is 6.61 Å². The van der Waals surface area contributed by atoms with Gasteiger partial charge in [-0.15, -0.1) is 0 Å². The Balaban J connectivity index is 3.09. The summed E-state index contributed by atoms with van der Waals surface area (Å²) >= 11 is 0. The van der Waals surface area contributed by atoms with Crippen molar-refractivity contribution in [1.29, 1.82) is 0 Å². The Labute approximate surface area is 56.2 Å². The first-order chi connectivity index (χ1) is 4.35. The van der Waals surface area contributed by atoms with Crippen LogP contribution in [0.5, 0.6) is 0 Å². The molecule has 0 aromatic heterocycles. The summed E-state index contributed by atoms with van der Waals surface area (Å²) in [6, 6.07) is 0.372. The average molecular weight is 132 g/mol. The molecular weight excluding hydrogens is 116 g/mol.